The molecule has 1 rings (SSSR count). The van der Waals surface area contributed by atoms with Gasteiger partial charge >= 0.3 is 0 Å². The Morgan fingerprint density at radius 3 is 2.82 bits per heavy atom. The first-order valence-electron chi connectivity index (χ1n) is 5.74. The fourth-order valence-corrected chi connectivity index (χ4v) is 1.61. The summed E-state index contributed by atoms with van der Waals surface area (Å²) in [5, 5.41) is 10.8. The third kappa shape index (κ3) is 4.69. The van der Waals surface area contributed by atoms with Crippen molar-refractivity contribution < 1.29 is 4.79 Å². The Kier molecular flexibility index (Phi) is 5.35. The van der Waals surface area contributed by atoms with E-state index in [1.54, 1.807) is 13.0 Å². The van der Waals surface area contributed by atoms with Crippen molar-refractivity contribution in [2.45, 2.75) is 39.0 Å². The SMILES string of the molecule is Cc1cc(C(=O)NCCCC(C)Cl)c(C)nn1. The molecule has 1 amide bonds. The maximum Gasteiger partial charge on any atom is 0.253 e. The molecule has 1 unspecified atom stereocenters. The number of carbonyl (C=O) groups is 1. The van der Waals surface area contributed by atoms with E-state index < -0.39 is 0 Å². The molecular weight excluding hydrogens is 238 g/mol. The summed E-state index contributed by atoms with van der Waals surface area (Å²) < 4.78 is 0. The van der Waals surface area contributed by atoms with Gasteiger partial charge in [-0.25, -0.2) is 0 Å². The van der Waals surface area contributed by atoms with Gasteiger partial charge in [-0.05, 0) is 39.7 Å². The molecule has 1 N–H and O–H groups in total. The van der Waals surface area contributed by atoms with Crippen molar-refractivity contribution in [2.75, 3.05) is 6.54 Å². The van der Waals surface area contributed by atoms with Gasteiger partial charge in [0.2, 0.25) is 0 Å². The second-order valence-electron chi connectivity index (χ2n) is 4.16. The van der Waals surface area contributed by atoms with Gasteiger partial charge in [0.1, 0.15) is 0 Å². The van der Waals surface area contributed by atoms with Crippen LogP contribution in [0.5, 0.6) is 0 Å². The van der Waals surface area contributed by atoms with E-state index in [0.717, 1.165) is 18.5 Å². The molecule has 0 fully saturated rings. The molecule has 1 aromatic heterocycles. The van der Waals surface area contributed by atoms with E-state index in [9.17, 15) is 4.79 Å². The lowest BCUT2D eigenvalue weighted by Gasteiger charge is -2.07. The number of carbonyl (C=O) groups excluding carboxylic acids is 1. The first-order chi connectivity index (χ1) is 8.00. The van der Waals surface area contributed by atoms with Crippen LogP contribution in [0, 0.1) is 13.8 Å². The Bertz CT molecular complexity index is 393. The van der Waals surface area contributed by atoms with Crippen LogP contribution < -0.4 is 5.32 Å². The lowest BCUT2D eigenvalue weighted by atomic mass is 10.2. The number of aromatic nitrogens is 2. The molecule has 0 saturated carbocycles. The molecule has 0 aliphatic heterocycles. The van der Waals surface area contributed by atoms with Crippen molar-refractivity contribution >= 4 is 17.5 Å². The fraction of sp³-hybridized carbons (Fsp3) is 0.583. The number of halogens is 1. The number of hydrogen-bond acceptors (Lipinski definition) is 3. The quantitative estimate of drug-likeness (QED) is 0.648. The van der Waals surface area contributed by atoms with E-state index >= 15 is 0 Å². The third-order valence-electron chi connectivity index (χ3n) is 2.41. The van der Waals surface area contributed by atoms with Crippen LogP contribution in [0.15, 0.2) is 6.07 Å². The maximum absolute atomic E-state index is 11.9. The van der Waals surface area contributed by atoms with Gasteiger partial charge in [-0.2, -0.15) is 10.2 Å². The molecule has 0 spiro atoms. The second-order valence-corrected chi connectivity index (χ2v) is 4.91. The molecule has 94 valence electrons. The zero-order valence-electron chi connectivity index (χ0n) is 10.5. The van der Waals surface area contributed by atoms with E-state index in [1.165, 1.54) is 0 Å². The molecule has 0 aliphatic carbocycles. The van der Waals surface area contributed by atoms with Crippen molar-refractivity contribution in [3.63, 3.8) is 0 Å². The van der Waals surface area contributed by atoms with Gasteiger partial charge < -0.3 is 5.32 Å². The van der Waals surface area contributed by atoms with Crippen LogP contribution in [0.4, 0.5) is 0 Å². The summed E-state index contributed by atoms with van der Waals surface area (Å²) in [7, 11) is 0. The number of alkyl halides is 1. The van der Waals surface area contributed by atoms with E-state index in [1.807, 2.05) is 13.8 Å². The minimum absolute atomic E-state index is 0.0947. The average Bonchev–Trinajstić information content (AvgIpc) is 2.27. The highest BCUT2D eigenvalue weighted by atomic mass is 35.5. The van der Waals surface area contributed by atoms with Crippen molar-refractivity contribution in [3.05, 3.63) is 23.0 Å². The molecular formula is C12H18ClN3O. The Labute approximate surface area is 107 Å². The smallest absolute Gasteiger partial charge is 0.253 e. The van der Waals surface area contributed by atoms with Crippen molar-refractivity contribution in [1.29, 1.82) is 0 Å². The monoisotopic (exact) mass is 255 g/mol. The molecule has 4 nitrogen and oxygen atoms in total. The van der Waals surface area contributed by atoms with Crippen LogP contribution in [0.25, 0.3) is 0 Å². The first-order valence-corrected chi connectivity index (χ1v) is 6.17. The predicted octanol–water partition coefficient (Wildman–Crippen LogP) is 2.23. The zero-order valence-corrected chi connectivity index (χ0v) is 11.2. The molecule has 0 aromatic carbocycles. The van der Waals surface area contributed by atoms with Crippen LogP contribution in [0.1, 0.15) is 41.5 Å². The Balaban J connectivity index is 2.49. The minimum Gasteiger partial charge on any atom is -0.352 e. The van der Waals surface area contributed by atoms with Gasteiger partial charge in [-0.15, -0.1) is 11.6 Å². The Hall–Kier alpha value is -1.16. The normalized spacial score (nSPS) is 12.2. The van der Waals surface area contributed by atoms with Crippen molar-refractivity contribution in [2.24, 2.45) is 0 Å². The summed E-state index contributed by atoms with van der Waals surface area (Å²) in [4.78, 5) is 11.9. The van der Waals surface area contributed by atoms with Crippen LogP contribution in [-0.2, 0) is 0 Å². The zero-order chi connectivity index (χ0) is 12.8. The topological polar surface area (TPSA) is 54.9 Å². The molecule has 0 saturated heterocycles. The van der Waals surface area contributed by atoms with Crippen molar-refractivity contribution in [1.82, 2.24) is 15.5 Å². The standard InChI is InChI=1S/C12H18ClN3O/c1-8(13)5-4-6-14-12(17)11-7-9(2)15-16-10(11)3/h7-8H,4-6H2,1-3H3,(H,14,17). The molecule has 0 radical (unpaired) electrons. The number of nitrogens with one attached hydrogen (secondary N) is 1. The number of hydrogen-bond donors (Lipinski definition) is 1. The summed E-state index contributed by atoms with van der Waals surface area (Å²) >= 11 is 5.83. The molecule has 1 aromatic rings. The molecule has 0 bridgehead atoms. The molecule has 17 heavy (non-hydrogen) atoms. The third-order valence-corrected chi connectivity index (χ3v) is 2.63. The van der Waals surface area contributed by atoms with Gasteiger partial charge in [0, 0.05) is 11.9 Å². The second kappa shape index (κ2) is 6.55. The van der Waals surface area contributed by atoms with Crippen LogP contribution in [0.3, 0.4) is 0 Å². The lowest BCUT2D eigenvalue weighted by Crippen LogP contribution is -2.26. The highest BCUT2D eigenvalue weighted by Crippen LogP contribution is 2.06. The number of rotatable bonds is 5. The minimum atomic E-state index is -0.0947. The summed E-state index contributed by atoms with van der Waals surface area (Å²) in [5.41, 5.74) is 1.99. The highest BCUT2D eigenvalue weighted by Gasteiger charge is 2.10. The lowest BCUT2D eigenvalue weighted by molar-refractivity contribution is 0.0951. The Morgan fingerprint density at radius 1 is 1.47 bits per heavy atom. The summed E-state index contributed by atoms with van der Waals surface area (Å²) in [6.07, 6.45) is 1.78. The van der Waals surface area contributed by atoms with E-state index in [-0.39, 0.29) is 11.3 Å². The maximum atomic E-state index is 11.9. The fourth-order valence-electron chi connectivity index (χ4n) is 1.46. The van der Waals surface area contributed by atoms with Gasteiger partial charge in [-0.1, -0.05) is 0 Å². The van der Waals surface area contributed by atoms with Crippen LogP contribution in [0.2, 0.25) is 0 Å². The van der Waals surface area contributed by atoms with E-state index in [4.69, 9.17) is 11.6 Å². The Morgan fingerprint density at radius 2 is 2.18 bits per heavy atom. The molecule has 5 heteroatoms. The number of nitrogens with zero attached hydrogens (tertiary/aromatic N) is 2. The van der Waals surface area contributed by atoms with Gasteiger partial charge in [-0.3, -0.25) is 4.79 Å². The highest BCUT2D eigenvalue weighted by molar-refractivity contribution is 6.20. The molecule has 1 atom stereocenters. The molecule has 0 aliphatic rings. The predicted molar refractivity (Wildman–Crippen MR) is 68.4 cm³/mol. The number of amides is 1. The van der Waals surface area contributed by atoms with Gasteiger partial charge in [0.15, 0.2) is 0 Å². The van der Waals surface area contributed by atoms with E-state index in [2.05, 4.69) is 15.5 Å². The molecule has 1 heterocycles. The van der Waals surface area contributed by atoms with Gasteiger partial charge in [0.25, 0.3) is 5.91 Å². The van der Waals surface area contributed by atoms with Gasteiger partial charge in [0.05, 0.1) is 17.0 Å². The first kappa shape index (κ1) is 13.9. The largest absolute Gasteiger partial charge is 0.352 e. The van der Waals surface area contributed by atoms with Crippen molar-refractivity contribution in [3.8, 4) is 0 Å². The van der Waals surface area contributed by atoms with Crippen LogP contribution in [-0.4, -0.2) is 28.0 Å². The summed E-state index contributed by atoms with van der Waals surface area (Å²) in [6.45, 7) is 6.18. The summed E-state index contributed by atoms with van der Waals surface area (Å²) in [6, 6.07) is 1.75. The summed E-state index contributed by atoms with van der Waals surface area (Å²) in [5.74, 6) is -0.0947. The average molecular weight is 256 g/mol. The van der Waals surface area contributed by atoms with E-state index in [0.29, 0.717) is 17.8 Å². The number of aryl methyl sites for hydroxylation is 2. The van der Waals surface area contributed by atoms with Crippen LogP contribution >= 0.6 is 11.6 Å².